The Hall–Kier alpha value is -3.85. The summed E-state index contributed by atoms with van der Waals surface area (Å²) in [6.07, 6.45) is 0. The molecule has 0 saturated carbocycles. The lowest BCUT2D eigenvalue weighted by molar-refractivity contribution is 0.0827. The second-order valence-electron chi connectivity index (χ2n) is 7.57. The number of nitrogens with one attached hydrogen (secondary N) is 2. The lowest BCUT2D eigenvalue weighted by atomic mass is 10.1. The van der Waals surface area contributed by atoms with Crippen molar-refractivity contribution < 1.29 is 22.7 Å². The van der Waals surface area contributed by atoms with Gasteiger partial charge in [-0.25, -0.2) is 8.42 Å². The molecular weight excluding hydrogens is 442 g/mol. The first-order valence-electron chi connectivity index (χ1n) is 10.0. The van der Waals surface area contributed by atoms with Crippen LogP contribution in [0.3, 0.4) is 0 Å². The van der Waals surface area contributed by atoms with Crippen LogP contribution in [0.1, 0.15) is 26.3 Å². The second-order valence-corrected chi connectivity index (χ2v) is 9.25. The van der Waals surface area contributed by atoms with Crippen molar-refractivity contribution in [1.29, 1.82) is 0 Å². The van der Waals surface area contributed by atoms with E-state index in [1.165, 1.54) is 42.3 Å². The van der Waals surface area contributed by atoms with Gasteiger partial charge in [-0.05, 0) is 55.5 Å². The van der Waals surface area contributed by atoms with Crippen molar-refractivity contribution in [2.75, 3.05) is 31.2 Å². The summed E-state index contributed by atoms with van der Waals surface area (Å²) < 4.78 is 33.4. The molecule has 0 aliphatic rings. The van der Waals surface area contributed by atoms with E-state index in [0.29, 0.717) is 22.7 Å². The van der Waals surface area contributed by atoms with Crippen molar-refractivity contribution in [3.05, 3.63) is 83.4 Å². The molecule has 3 aromatic carbocycles. The van der Waals surface area contributed by atoms with Crippen LogP contribution in [0.15, 0.2) is 71.6 Å². The summed E-state index contributed by atoms with van der Waals surface area (Å²) in [7, 11) is 0.799. The highest BCUT2D eigenvalue weighted by atomic mass is 32.2. The highest BCUT2D eigenvalue weighted by molar-refractivity contribution is 7.92. The van der Waals surface area contributed by atoms with E-state index in [1.807, 2.05) is 6.92 Å². The number of anilines is 2. The minimum absolute atomic E-state index is 0.0563. The largest absolute Gasteiger partial charge is 0.495 e. The summed E-state index contributed by atoms with van der Waals surface area (Å²) in [6, 6.07) is 17.3. The molecule has 2 N–H and O–H groups in total. The van der Waals surface area contributed by atoms with E-state index in [1.54, 1.807) is 50.5 Å². The Kier molecular flexibility index (Phi) is 7.03. The third-order valence-corrected chi connectivity index (χ3v) is 6.19. The molecule has 0 aliphatic heterocycles. The number of amides is 2. The Bertz CT molecular complexity index is 1290. The minimum atomic E-state index is -3.90. The van der Waals surface area contributed by atoms with Crippen LogP contribution in [0.25, 0.3) is 0 Å². The molecule has 0 bridgehead atoms. The molecule has 2 amide bonds. The second kappa shape index (κ2) is 9.74. The first-order valence-corrected chi connectivity index (χ1v) is 11.5. The van der Waals surface area contributed by atoms with Crippen molar-refractivity contribution in [3.63, 3.8) is 0 Å². The fraction of sp³-hybridized carbons (Fsp3) is 0.167. The van der Waals surface area contributed by atoms with Gasteiger partial charge in [-0.2, -0.15) is 0 Å². The van der Waals surface area contributed by atoms with E-state index in [0.717, 1.165) is 5.56 Å². The van der Waals surface area contributed by atoms with Crippen LogP contribution in [0.2, 0.25) is 0 Å². The Morgan fingerprint density at radius 3 is 2.24 bits per heavy atom. The molecule has 0 atom stereocenters. The molecule has 0 aliphatic carbocycles. The van der Waals surface area contributed by atoms with Crippen molar-refractivity contribution in [2.24, 2.45) is 0 Å². The molecule has 8 nitrogen and oxygen atoms in total. The van der Waals surface area contributed by atoms with Crippen LogP contribution in [0.5, 0.6) is 5.75 Å². The number of rotatable bonds is 7. The van der Waals surface area contributed by atoms with E-state index >= 15 is 0 Å². The van der Waals surface area contributed by atoms with Gasteiger partial charge in [0, 0.05) is 30.9 Å². The SMILES string of the molecule is COc1ccc(C(=O)N(C)C)cc1NC(=O)c1cccc(S(=O)(=O)Nc2ccc(C)cc2)c1. The van der Waals surface area contributed by atoms with Gasteiger partial charge in [0.2, 0.25) is 0 Å². The molecule has 0 radical (unpaired) electrons. The Balaban J connectivity index is 1.86. The quantitative estimate of drug-likeness (QED) is 0.551. The van der Waals surface area contributed by atoms with Gasteiger partial charge in [0.25, 0.3) is 21.8 Å². The molecule has 9 heteroatoms. The fourth-order valence-corrected chi connectivity index (χ4v) is 4.14. The third-order valence-electron chi connectivity index (χ3n) is 4.81. The van der Waals surface area contributed by atoms with E-state index < -0.39 is 15.9 Å². The van der Waals surface area contributed by atoms with E-state index in [-0.39, 0.29) is 16.4 Å². The number of nitrogens with zero attached hydrogens (tertiary/aromatic N) is 1. The highest BCUT2D eigenvalue weighted by Crippen LogP contribution is 2.27. The smallest absolute Gasteiger partial charge is 0.261 e. The van der Waals surface area contributed by atoms with Crippen LogP contribution >= 0.6 is 0 Å². The van der Waals surface area contributed by atoms with Crippen LogP contribution in [-0.4, -0.2) is 46.3 Å². The lowest BCUT2D eigenvalue weighted by Gasteiger charge is -2.15. The van der Waals surface area contributed by atoms with Gasteiger partial charge in [0.1, 0.15) is 5.75 Å². The fourth-order valence-electron chi connectivity index (χ4n) is 3.03. The number of methoxy groups -OCH3 is 1. The van der Waals surface area contributed by atoms with Crippen molar-refractivity contribution >= 4 is 33.2 Å². The average molecular weight is 468 g/mol. The summed E-state index contributed by atoms with van der Waals surface area (Å²) in [6.45, 7) is 1.90. The van der Waals surface area contributed by atoms with Crippen molar-refractivity contribution in [1.82, 2.24) is 4.90 Å². The van der Waals surface area contributed by atoms with Crippen molar-refractivity contribution in [2.45, 2.75) is 11.8 Å². The molecule has 172 valence electrons. The van der Waals surface area contributed by atoms with Crippen LogP contribution in [0, 0.1) is 6.92 Å². The van der Waals surface area contributed by atoms with Crippen molar-refractivity contribution in [3.8, 4) is 5.75 Å². The Morgan fingerprint density at radius 2 is 1.61 bits per heavy atom. The number of benzene rings is 3. The molecule has 3 rings (SSSR count). The molecule has 0 heterocycles. The summed E-state index contributed by atoms with van der Waals surface area (Å²) in [5.74, 6) is -0.415. The van der Waals surface area contributed by atoms with Crippen LogP contribution < -0.4 is 14.8 Å². The molecule has 3 aromatic rings. The maximum absolute atomic E-state index is 12.9. The van der Waals surface area contributed by atoms with E-state index in [9.17, 15) is 18.0 Å². The van der Waals surface area contributed by atoms with Gasteiger partial charge in [0.05, 0.1) is 17.7 Å². The molecule has 33 heavy (non-hydrogen) atoms. The van der Waals surface area contributed by atoms with Crippen LogP contribution in [0.4, 0.5) is 11.4 Å². The number of aryl methyl sites for hydroxylation is 1. The van der Waals surface area contributed by atoms with Gasteiger partial charge >= 0.3 is 0 Å². The molecule has 0 fully saturated rings. The minimum Gasteiger partial charge on any atom is -0.495 e. The maximum Gasteiger partial charge on any atom is 0.261 e. The number of ether oxygens (including phenoxy) is 1. The zero-order chi connectivity index (χ0) is 24.2. The monoisotopic (exact) mass is 467 g/mol. The zero-order valence-electron chi connectivity index (χ0n) is 18.7. The summed E-state index contributed by atoms with van der Waals surface area (Å²) in [5, 5.41) is 2.70. The van der Waals surface area contributed by atoms with Gasteiger partial charge in [-0.3, -0.25) is 14.3 Å². The number of hydrogen-bond acceptors (Lipinski definition) is 5. The lowest BCUT2D eigenvalue weighted by Crippen LogP contribution is -2.22. The van der Waals surface area contributed by atoms with E-state index in [4.69, 9.17) is 4.74 Å². The third kappa shape index (κ3) is 5.69. The molecule has 0 unspecified atom stereocenters. The first-order chi connectivity index (χ1) is 15.6. The Morgan fingerprint density at radius 1 is 0.909 bits per heavy atom. The predicted molar refractivity (Wildman–Crippen MR) is 127 cm³/mol. The van der Waals surface area contributed by atoms with Gasteiger partial charge in [-0.1, -0.05) is 23.8 Å². The van der Waals surface area contributed by atoms with E-state index in [2.05, 4.69) is 10.0 Å². The topological polar surface area (TPSA) is 105 Å². The molecule has 0 spiro atoms. The highest BCUT2D eigenvalue weighted by Gasteiger charge is 2.18. The zero-order valence-corrected chi connectivity index (χ0v) is 19.6. The number of carbonyl (C=O) groups excluding carboxylic acids is 2. The van der Waals surface area contributed by atoms with Gasteiger partial charge < -0.3 is 15.0 Å². The predicted octanol–water partition coefficient (Wildman–Crippen LogP) is 3.76. The number of hydrogen-bond donors (Lipinski definition) is 2. The normalized spacial score (nSPS) is 10.9. The van der Waals surface area contributed by atoms with Crippen LogP contribution in [-0.2, 0) is 10.0 Å². The van der Waals surface area contributed by atoms with Gasteiger partial charge in [0.15, 0.2) is 0 Å². The standard InChI is InChI=1S/C24H25N3O5S/c1-16-8-11-19(12-9-16)26-33(30,31)20-7-5-6-17(14-20)23(28)25-21-15-18(24(29)27(2)3)10-13-22(21)32-4/h5-15,26H,1-4H3,(H,25,28). The first kappa shape index (κ1) is 23.8. The summed E-state index contributed by atoms with van der Waals surface area (Å²) in [4.78, 5) is 26.5. The molecule has 0 saturated heterocycles. The molecule has 0 aromatic heterocycles. The summed E-state index contributed by atoms with van der Waals surface area (Å²) in [5.41, 5.74) is 2.22. The maximum atomic E-state index is 12.9. The van der Waals surface area contributed by atoms with Gasteiger partial charge in [-0.15, -0.1) is 0 Å². The number of sulfonamides is 1. The summed E-state index contributed by atoms with van der Waals surface area (Å²) >= 11 is 0. The molecular formula is C24H25N3O5S. The Labute approximate surface area is 193 Å². The average Bonchev–Trinajstić information content (AvgIpc) is 2.80. The number of carbonyl (C=O) groups is 2.